The van der Waals surface area contributed by atoms with Crippen molar-refractivity contribution in [3.8, 4) is 0 Å². The number of hydrogen-bond donors (Lipinski definition) is 0. The molecule has 5 nitrogen and oxygen atoms in total. The number of fused-ring (bicyclic) bond motifs is 4. The van der Waals surface area contributed by atoms with Crippen molar-refractivity contribution in [1.29, 1.82) is 0 Å². The van der Waals surface area contributed by atoms with Gasteiger partial charge in [-0.2, -0.15) is 0 Å². The van der Waals surface area contributed by atoms with Crippen LogP contribution < -0.4 is 4.90 Å². The van der Waals surface area contributed by atoms with Gasteiger partial charge in [0.15, 0.2) is 0 Å². The largest absolute Gasteiger partial charge is 0.308 e. The standard InChI is InChI=1S/C24H26N4OS/c1-15-8-9-21-18(12-15)19-13-27(3)11-10-22(19)28(21)23(29)14-30-24-17-6-4-5-7-20(17)25-16(2)26-24/h4-9,12,19,22H,10-11,13-14H2,1-3H3/t19-,22-/m1/s1. The molecule has 3 heterocycles. The van der Waals surface area contributed by atoms with Crippen LogP contribution in [0.1, 0.15) is 29.3 Å². The van der Waals surface area contributed by atoms with E-state index in [1.54, 1.807) is 0 Å². The van der Waals surface area contributed by atoms with E-state index in [1.807, 2.05) is 31.2 Å². The predicted molar refractivity (Wildman–Crippen MR) is 122 cm³/mol. The number of benzene rings is 2. The molecule has 2 aliphatic rings. The zero-order valence-corrected chi connectivity index (χ0v) is 18.4. The van der Waals surface area contributed by atoms with Gasteiger partial charge in [-0.15, -0.1) is 0 Å². The molecular weight excluding hydrogens is 392 g/mol. The molecular formula is C24H26N4OS. The average molecular weight is 419 g/mol. The Kier molecular flexibility index (Phi) is 4.99. The van der Waals surface area contributed by atoms with Crippen molar-refractivity contribution >= 4 is 34.3 Å². The molecule has 0 unspecified atom stereocenters. The molecule has 0 aliphatic carbocycles. The monoisotopic (exact) mass is 418 g/mol. The minimum atomic E-state index is 0.169. The summed E-state index contributed by atoms with van der Waals surface area (Å²) in [6.07, 6.45) is 1.01. The van der Waals surface area contributed by atoms with Crippen LogP contribution >= 0.6 is 11.8 Å². The first-order valence-electron chi connectivity index (χ1n) is 10.5. The molecule has 0 radical (unpaired) electrons. The maximum absolute atomic E-state index is 13.5. The van der Waals surface area contributed by atoms with Gasteiger partial charge in [-0.1, -0.05) is 47.7 Å². The number of aryl methyl sites for hydroxylation is 2. The number of carbonyl (C=O) groups is 1. The molecule has 6 heteroatoms. The zero-order chi connectivity index (χ0) is 20.8. The van der Waals surface area contributed by atoms with Crippen molar-refractivity contribution in [2.75, 3.05) is 30.8 Å². The number of piperidine rings is 1. The van der Waals surface area contributed by atoms with Crippen molar-refractivity contribution in [3.05, 3.63) is 59.4 Å². The lowest BCUT2D eigenvalue weighted by atomic mass is 9.89. The summed E-state index contributed by atoms with van der Waals surface area (Å²) in [6.45, 7) is 6.07. The van der Waals surface area contributed by atoms with Gasteiger partial charge in [-0.05, 0) is 51.6 Å². The Morgan fingerprint density at radius 3 is 2.87 bits per heavy atom. The summed E-state index contributed by atoms with van der Waals surface area (Å²) in [5.74, 6) is 1.69. The fourth-order valence-corrected chi connectivity index (χ4v) is 5.80. The number of aromatic nitrogens is 2. The Labute approximate surface area is 181 Å². The first-order valence-corrected chi connectivity index (χ1v) is 11.5. The minimum Gasteiger partial charge on any atom is -0.308 e. The second-order valence-corrected chi connectivity index (χ2v) is 9.40. The summed E-state index contributed by atoms with van der Waals surface area (Å²) >= 11 is 1.52. The highest BCUT2D eigenvalue weighted by Crippen LogP contribution is 2.45. The summed E-state index contributed by atoms with van der Waals surface area (Å²) in [7, 11) is 2.18. The highest BCUT2D eigenvalue weighted by atomic mass is 32.2. The summed E-state index contributed by atoms with van der Waals surface area (Å²) < 4.78 is 0. The van der Waals surface area contributed by atoms with Gasteiger partial charge in [0.25, 0.3) is 0 Å². The molecule has 154 valence electrons. The van der Waals surface area contributed by atoms with E-state index in [1.165, 1.54) is 22.9 Å². The molecule has 2 aliphatic heterocycles. The number of likely N-dealkylation sites (tertiary alicyclic amines) is 1. The van der Waals surface area contributed by atoms with Gasteiger partial charge in [0, 0.05) is 29.6 Å². The van der Waals surface area contributed by atoms with Crippen LogP contribution in [0.2, 0.25) is 0 Å². The molecule has 1 aromatic heterocycles. The van der Waals surface area contributed by atoms with Gasteiger partial charge in [-0.3, -0.25) is 4.79 Å². The third-order valence-electron chi connectivity index (χ3n) is 6.23. The lowest BCUT2D eigenvalue weighted by molar-refractivity contribution is -0.116. The fourth-order valence-electron chi connectivity index (χ4n) is 4.87. The van der Waals surface area contributed by atoms with Crippen molar-refractivity contribution in [2.45, 2.75) is 37.3 Å². The highest BCUT2D eigenvalue weighted by molar-refractivity contribution is 8.00. The number of thioether (sulfide) groups is 1. The van der Waals surface area contributed by atoms with Crippen LogP contribution in [0.5, 0.6) is 0 Å². The first-order chi connectivity index (χ1) is 14.5. The van der Waals surface area contributed by atoms with E-state index in [0.717, 1.165) is 47.0 Å². The van der Waals surface area contributed by atoms with Crippen LogP contribution in [0.3, 0.4) is 0 Å². The molecule has 0 spiro atoms. The highest BCUT2D eigenvalue weighted by Gasteiger charge is 2.43. The zero-order valence-electron chi connectivity index (χ0n) is 17.6. The first kappa shape index (κ1) is 19.5. The van der Waals surface area contributed by atoms with Crippen LogP contribution in [0.15, 0.2) is 47.5 Å². The summed E-state index contributed by atoms with van der Waals surface area (Å²) in [5, 5.41) is 1.89. The maximum atomic E-state index is 13.5. The van der Waals surface area contributed by atoms with Crippen molar-refractivity contribution < 1.29 is 4.79 Å². The fraction of sp³-hybridized carbons (Fsp3) is 0.375. The van der Waals surface area contributed by atoms with Crippen LogP contribution in [-0.4, -0.2) is 52.7 Å². The van der Waals surface area contributed by atoms with E-state index in [0.29, 0.717) is 11.7 Å². The SMILES string of the molecule is Cc1ccc2c(c1)[C@H]1CN(C)CC[C@H]1N2C(=O)CSc1nc(C)nc2ccccc12. The van der Waals surface area contributed by atoms with E-state index < -0.39 is 0 Å². The van der Waals surface area contributed by atoms with Crippen molar-refractivity contribution in [3.63, 3.8) is 0 Å². The number of para-hydroxylation sites is 1. The Morgan fingerprint density at radius 1 is 1.17 bits per heavy atom. The van der Waals surface area contributed by atoms with E-state index >= 15 is 0 Å². The van der Waals surface area contributed by atoms with E-state index in [4.69, 9.17) is 0 Å². The third kappa shape index (κ3) is 3.38. The number of likely N-dealkylation sites (N-methyl/N-ethyl adjacent to an activating group) is 1. The molecule has 2 atom stereocenters. The number of rotatable bonds is 3. The Bertz CT molecular complexity index is 1130. The predicted octanol–water partition coefficient (Wildman–Crippen LogP) is 4.17. The molecule has 1 amide bonds. The molecule has 0 N–H and O–H groups in total. The lowest BCUT2D eigenvalue weighted by Crippen LogP contribution is -2.47. The second-order valence-electron chi connectivity index (χ2n) is 8.43. The average Bonchev–Trinajstić information content (AvgIpc) is 3.04. The van der Waals surface area contributed by atoms with Gasteiger partial charge in [-0.25, -0.2) is 9.97 Å². The molecule has 30 heavy (non-hydrogen) atoms. The Hall–Kier alpha value is -2.44. The van der Waals surface area contributed by atoms with Crippen LogP contribution in [0.4, 0.5) is 5.69 Å². The summed E-state index contributed by atoms with van der Waals surface area (Å²) in [6, 6.07) is 14.8. The number of anilines is 1. The third-order valence-corrected chi connectivity index (χ3v) is 7.21. The summed E-state index contributed by atoms with van der Waals surface area (Å²) in [4.78, 5) is 27.1. The number of carbonyl (C=O) groups excluding carboxylic acids is 1. The minimum absolute atomic E-state index is 0.169. The van der Waals surface area contributed by atoms with Gasteiger partial charge in [0.1, 0.15) is 10.9 Å². The molecule has 0 bridgehead atoms. The molecule has 5 rings (SSSR count). The van der Waals surface area contributed by atoms with Crippen LogP contribution in [0, 0.1) is 13.8 Å². The molecule has 1 fully saturated rings. The maximum Gasteiger partial charge on any atom is 0.237 e. The molecule has 2 aromatic carbocycles. The topological polar surface area (TPSA) is 49.3 Å². The Morgan fingerprint density at radius 2 is 2.00 bits per heavy atom. The molecule has 1 saturated heterocycles. The van der Waals surface area contributed by atoms with Gasteiger partial charge in [0.05, 0.1) is 11.3 Å². The number of nitrogens with zero attached hydrogens (tertiary/aromatic N) is 4. The van der Waals surface area contributed by atoms with Gasteiger partial charge in [0.2, 0.25) is 5.91 Å². The number of hydrogen-bond acceptors (Lipinski definition) is 5. The van der Waals surface area contributed by atoms with Gasteiger partial charge >= 0.3 is 0 Å². The van der Waals surface area contributed by atoms with E-state index in [2.05, 4.69) is 51.9 Å². The quantitative estimate of drug-likeness (QED) is 0.472. The van der Waals surface area contributed by atoms with Crippen molar-refractivity contribution in [1.82, 2.24) is 14.9 Å². The lowest BCUT2D eigenvalue weighted by Gasteiger charge is -2.36. The van der Waals surface area contributed by atoms with E-state index in [9.17, 15) is 4.79 Å². The Balaban J connectivity index is 1.43. The van der Waals surface area contributed by atoms with E-state index in [-0.39, 0.29) is 11.9 Å². The summed E-state index contributed by atoms with van der Waals surface area (Å²) in [5.41, 5.74) is 4.61. The number of amides is 1. The van der Waals surface area contributed by atoms with Crippen LogP contribution in [-0.2, 0) is 4.79 Å². The van der Waals surface area contributed by atoms with Crippen molar-refractivity contribution in [2.24, 2.45) is 0 Å². The van der Waals surface area contributed by atoms with Gasteiger partial charge < -0.3 is 9.80 Å². The normalized spacial score (nSPS) is 21.0. The molecule has 3 aromatic rings. The molecule has 0 saturated carbocycles. The smallest absolute Gasteiger partial charge is 0.237 e. The second kappa shape index (κ2) is 7.67. The van der Waals surface area contributed by atoms with Crippen LogP contribution in [0.25, 0.3) is 10.9 Å².